The van der Waals surface area contributed by atoms with E-state index < -0.39 is 16.8 Å². The van der Waals surface area contributed by atoms with Crippen molar-refractivity contribution in [1.29, 1.82) is 0 Å². The van der Waals surface area contributed by atoms with Crippen LogP contribution in [0.4, 0.5) is 5.69 Å². The number of nitrogens with two attached hydrogens (primary N) is 1. The summed E-state index contributed by atoms with van der Waals surface area (Å²) < 4.78 is 5.19. The van der Waals surface area contributed by atoms with E-state index in [9.17, 15) is 9.59 Å². The number of ether oxygens (including phenoxy) is 1. The molecular formula is C19H22N2O3SSe. The van der Waals surface area contributed by atoms with Crippen LogP contribution in [0.15, 0.2) is 54.6 Å². The molecular weight excluding hydrogens is 415 g/mol. The molecule has 0 aliphatic carbocycles. The van der Waals surface area contributed by atoms with Gasteiger partial charge in [-0.15, -0.1) is 0 Å². The minimum atomic E-state index is -0.732. The zero-order valence-corrected chi connectivity index (χ0v) is 17.4. The number of carbonyl (C=O) groups is 2. The number of rotatable bonds is 7. The van der Waals surface area contributed by atoms with Gasteiger partial charge < -0.3 is 0 Å². The number of benzene rings is 2. The standard InChI is InChI=1S/C19H22N2O3SSe/c1-19(2,16(20)18(23)24-3)25-26-15-12-8-7-11-14(15)17(22)21-13-9-5-4-6-10-13/h4-12,16H,20H2,1-3H3,(H,21,22)/t16-/m0/s1. The van der Waals surface area contributed by atoms with Crippen LogP contribution in [0.3, 0.4) is 0 Å². The SMILES string of the molecule is COC(=O)[C@H](N)C(C)(C)S[Se]c1ccccc1C(=O)Nc1ccccc1. The summed E-state index contributed by atoms with van der Waals surface area (Å²) in [6.45, 7) is 3.82. The summed E-state index contributed by atoms with van der Waals surface area (Å²) in [6, 6.07) is 16.1. The van der Waals surface area contributed by atoms with Crippen LogP contribution in [0, 0.1) is 0 Å². The molecule has 0 fully saturated rings. The van der Waals surface area contributed by atoms with Gasteiger partial charge >= 0.3 is 163 Å². The molecule has 0 saturated carbocycles. The molecule has 0 spiro atoms. The average molecular weight is 437 g/mol. The number of nitrogens with one attached hydrogen (secondary N) is 1. The number of carbonyl (C=O) groups excluding carboxylic acids is 2. The Morgan fingerprint density at radius 1 is 1.12 bits per heavy atom. The zero-order chi connectivity index (χ0) is 19.2. The van der Waals surface area contributed by atoms with Gasteiger partial charge in [-0.3, -0.25) is 0 Å². The van der Waals surface area contributed by atoms with E-state index in [4.69, 9.17) is 10.5 Å². The molecule has 138 valence electrons. The van der Waals surface area contributed by atoms with Gasteiger partial charge in [0.1, 0.15) is 0 Å². The van der Waals surface area contributed by atoms with Crippen LogP contribution < -0.4 is 15.5 Å². The second-order valence-electron chi connectivity index (χ2n) is 6.09. The number of para-hydroxylation sites is 1. The molecule has 1 atom stereocenters. The van der Waals surface area contributed by atoms with Crippen molar-refractivity contribution in [3.63, 3.8) is 0 Å². The predicted octanol–water partition coefficient (Wildman–Crippen LogP) is 2.20. The first-order chi connectivity index (χ1) is 12.3. The van der Waals surface area contributed by atoms with E-state index in [-0.39, 0.29) is 19.7 Å². The third-order valence-electron chi connectivity index (χ3n) is 3.71. The van der Waals surface area contributed by atoms with Crippen LogP contribution in [-0.2, 0) is 9.53 Å². The van der Waals surface area contributed by atoms with Gasteiger partial charge in [0, 0.05) is 0 Å². The van der Waals surface area contributed by atoms with Crippen molar-refractivity contribution in [2.45, 2.75) is 24.6 Å². The minimum absolute atomic E-state index is 0.0975. The fraction of sp³-hybridized carbons (Fsp3) is 0.263. The van der Waals surface area contributed by atoms with Gasteiger partial charge in [0.05, 0.1) is 0 Å². The van der Waals surface area contributed by atoms with E-state index in [1.165, 1.54) is 7.11 Å². The van der Waals surface area contributed by atoms with Gasteiger partial charge in [0.25, 0.3) is 0 Å². The Morgan fingerprint density at radius 2 is 1.73 bits per heavy atom. The molecule has 2 aromatic rings. The van der Waals surface area contributed by atoms with Gasteiger partial charge in [-0.05, 0) is 0 Å². The quantitative estimate of drug-likeness (QED) is 0.513. The molecule has 1 amide bonds. The normalized spacial score (nSPS) is 12.3. The fourth-order valence-corrected chi connectivity index (χ4v) is 6.70. The molecule has 26 heavy (non-hydrogen) atoms. The Labute approximate surface area is 163 Å². The maximum atomic E-state index is 12.6. The van der Waals surface area contributed by atoms with Gasteiger partial charge in [0.2, 0.25) is 0 Å². The van der Waals surface area contributed by atoms with Crippen LogP contribution >= 0.6 is 10.2 Å². The fourth-order valence-electron chi connectivity index (χ4n) is 2.06. The number of esters is 1. The van der Waals surface area contributed by atoms with Crippen molar-refractivity contribution < 1.29 is 14.3 Å². The topological polar surface area (TPSA) is 81.4 Å². The average Bonchev–Trinajstić information content (AvgIpc) is 2.66. The Kier molecular flexibility index (Phi) is 7.29. The molecule has 3 N–H and O–H groups in total. The molecule has 0 heterocycles. The van der Waals surface area contributed by atoms with Crippen molar-refractivity contribution in [3.8, 4) is 0 Å². The molecule has 0 aromatic heterocycles. The third-order valence-corrected chi connectivity index (χ3v) is 9.77. The van der Waals surface area contributed by atoms with Crippen molar-refractivity contribution in [3.05, 3.63) is 60.2 Å². The molecule has 0 aliphatic heterocycles. The Morgan fingerprint density at radius 3 is 2.38 bits per heavy atom. The number of anilines is 1. The Balaban J connectivity index is 2.11. The third kappa shape index (κ3) is 5.35. The van der Waals surface area contributed by atoms with E-state index in [1.807, 2.05) is 68.4 Å². The van der Waals surface area contributed by atoms with Gasteiger partial charge in [-0.1, -0.05) is 0 Å². The second kappa shape index (κ2) is 9.23. The van der Waals surface area contributed by atoms with E-state index in [0.717, 1.165) is 10.1 Å². The number of hydrogen-bond acceptors (Lipinski definition) is 5. The molecule has 0 aliphatic rings. The van der Waals surface area contributed by atoms with Crippen molar-refractivity contribution in [2.75, 3.05) is 12.4 Å². The Bertz CT molecular complexity index is 768. The molecule has 0 unspecified atom stereocenters. The first-order valence-corrected chi connectivity index (χ1v) is 11.7. The van der Waals surface area contributed by atoms with Crippen molar-refractivity contribution in [1.82, 2.24) is 0 Å². The van der Waals surface area contributed by atoms with Crippen molar-refractivity contribution in [2.24, 2.45) is 5.73 Å². The summed E-state index contributed by atoms with van der Waals surface area (Å²) in [7, 11) is 2.91. The van der Waals surface area contributed by atoms with E-state index in [2.05, 4.69) is 5.32 Å². The molecule has 2 rings (SSSR count). The molecule has 2 aromatic carbocycles. The second-order valence-corrected chi connectivity index (χ2v) is 10.5. The van der Waals surface area contributed by atoms with Crippen LogP contribution in [0.25, 0.3) is 0 Å². The number of methoxy groups -OCH3 is 1. The van der Waals surface area contributed by atoms with Gasteiger partial charge in [-0.2, -0.15) is 0 Å². The summed E-state index contributed by atoms with van der Waals surface area (Å²) in [5, 5.41) is 2.91. The first-order valence-electron chi connectivity index (χ1n) is 7.99. The van der Waals surface area contributed by atoms with Crippen LogP contribution in [0.2, 0.25) is 0 Å². The maximum absolute atomic E-state index is 12.6. The summed E-state index contributed by atoms with van der Waals surface area (Å²) in [4.78, 5) is 24.4. The number of hydrogen-bond donors (Lipinski definition) is 2. The van der Waals surface area contributed by atoms with E-state index in [0.29, 0.717) is 5.56 Å². The van der Waals surface area contributed by atoms with Gasteiger partial charge in [0.15, 0.2) is 0 Å². The molecule has 7 heteroatoms. The Hall–Kier alpha value is -1.79. The number of amides is 1. The van der Waals surface area contributed by atoms with Crippen LogP contribution in [-0.4, -0.2) is 43.6 Å². The summed E-state index contributed by atoms with van der Waals surface area (Å²) in [6.07, 6.45) is 0. The molecule has 0 radical (unpaired) electrons. The monoisotopic (exact) mass is 438 g/mol. The van der Waals surface area contributed by atoms with Crippen LogP contribution in [0.1, 0.15) is 24.2 Å². The zero-order valence-electron chi connectivity index (χ0n) is 14.9. The van der Waals surface area contributed by atoms with E-state index in [1.54, 1.807) is 10.2 Å². The summed E-state index contributed by atoms with van der Waals surface area (Å²) in [5.74, 6) is -0.585. The predicted molar refractivity (Wildman–Crippen MR) is 108 cm³/mol. The first kappa shape index (κ1) is 20.5. The van der Waals surface area contributed by atoms with Gasteiger partial charge in [-0.25, -0.2) is 0 Å². The molecule has 5 nitrogen and oxygen atoms in total. The van der Waals surface area contributed by atoms with Crippen LogP contribution in [0.5, 0.6) is 0 Å². The molecule has 0 bridgehead atoms. The molecule has 0 saturated heterocycles. The summed E-state index contributed by atoms with van der Waals surface area (Å²) >= 11 is -0.0975. The van der Waals surface area contributed by atoms with Crippen molar-refractivity contribution >= 4 is 46.0 Å². The van der Waals surface area contributed by atoms with E-state index >= 15 is 0 Å². The summed E-state index contributed by atoms with van der Waals surface area (Å²) in [5.41, 5.74) is 7.39.